The number of halogens is 1. The molecule has 1 aromatic carbocycles. The van der Waals surface area contributed by atoms with E-state index in [0.29, 0.717) is 10.6 Å². The summed E-state index contributed by atoms with van der Waals surface area (Å²) in [5, 5.41) is 0.588. The molecule has 2 rings (SSSR count). The molecule has 0 aliphatic carbocycles. The molecule has 0 radical (unpaired) electrons. The molecule has 0 aliphatic rings. The van der Waals surface area contributed by atoms with Crippen molar-refractivity contribution in [2.75, 3.05) is 5.73 Å². The smallest absolute Gasteiger partial charge is 0.170 e. The van der Waals surface area contributed by atoms with Gasteiger partial charge < -0.3 is 5.73 Å². The lowest BCUT2D eigenvalue weighted by molar-refractivity contribution is 0.0993. The highest BCUT2D eigenvalue weighted by Gasteiger charge is 2.13. The molecule has 0 saturated carbocycles. The molecular formula is C14H13ClN2O. The number of aryl methyl sites for hydroxylation is 1. The molecule has 0 bridgehead atoms. The van der Waals surface area contributed by atoms with Gasteiger partial charge in [-0.1, -0.05) is 29.8 Å². The molecule has 0 aliphatic heterocycles. The zero-order chi connectivity index (χ0) is 13.1. The number of ketones is 1. The van der Waals surface area contributed by atoms with Crippen molar-refractivity contribution in [3.05, 3.63) is 58.2 Å². The van der Waals surface area contributed by atoms with Gasteiger partial charge in [-0.3, -0.25) is 4.79 Å². The van der Waals surface area contributed by atoms with Crippen molar-refractivity contribution in [2.24, 2.45) is 0 Å². The summed E-state index contributed by atoms with van der Waals surface area (Å²) >= 11 is 6.03. The molecular weight excluding hydrogens is 248 g/mol. The number of carbonyl (C=O) groups excluding carboxylic acids is 1. The van der Waals surface area contributed by atoms with Crippen molar-refractivity contribution in [3.8, 4) is 0 Å². The lowest BCUT2D eigenvalue weighted by Crippen LogP contribution is -2.09. The van der Waals surface area contributed by atoms with Gasteiger partial charge in [0.15, 0.2) is 5.78 Å². The highest BCUT2D eigenvalue weighted by molar-refractivity contribution is 6.31. The van der Waals surface area contributed by atoms with E-state index in [1.54, 1.807) is 18.3 Å². The van der Waals surface area contributed by atoms with E-state index in [0.717, 1.165) is 11.1 Å². The first-order valence-corrected chi connectivity index (χ1v) is 5.94. The van der Waals surface area contributed by atoms with Gasteiger partial charge in [-0.15, -0.1) is 0 Å². The van der Waals surface area contributed by atoms with Gasteiger partial charge in [-0.2, -0.15) is 0 Å². The Morgan fingerprint density at radius 1 is 1.39 bits per heavy atom. The third-order valence-electron chi connectivity index (χ3n) is 2.66. The molecule has 0 atom stereocenters. The maximum absolute atomic E-state index is 12.2. The van der Waals surface area contributed by atoms with E-state index in [4.69, 9.17) is 17.3 Å². The number of Topliss-reactive ketones (excluding diaryl/α,β-unsaturated/α-hetero) is 1. The predicted molar refractivity (Wildman–Crippen MR) is 72.9 cm³/mol. The Bertz CT molecular complexity index is 596. The number of anilines is 1. The summed E-state index contributed by atoms with van der Waals surface area (Å²) in [4.78, 5) is 16.1. The summed E-state index contributed by atoms with van der Waals surface area (Å²) in [7, 11) is 0. The van der Waals surface area contributed by atoms with Crippen LogP contribution in [0, 0.1) is 6.92 Å². The lowest BCUT2D eigenvalue weighted by Gasteiger charge is -2.06. The van der Waals surface area contributed by atoms with E-state index in [9.17, 15) is 4.79 Å². The number of pyridine rings is 1. The Morgan fingerprint density at radius 3 is 2.83 bits per heavy atom. The first kappa shape index (κ1) is 12.6. The molecule has 92 valence electrons. The highest BCUT2D eigenvalue weighted by atomic mass is 35.5. The molecule has 1 aromatic heterocycles. The number of hydrogen-bond donors (Lipinski definition) is 1. The van der Waals surface area contributed by atoms with Crippen LogP contribution in [-0.2, 0) is 6.42 Å². The van der Waals surface area contributed by atoms with Crippen molar-refractivity contribution in [1.29, 1.82) is 0 Å². The van der Waals surface area contributed by atoms with Gasteiger partial charge in [-0.05, 0) is 30.2 Å². The number of nitrogens with zero attached hydrogens (tertiary/aromatic N) is 1. The Labute approximate surface area is 111 Å². The van der Waals surface area contributed by atoms with Crippen LogP contribution in [0.3, 0.4) is 0 Å². The molecule has 0 unspecified atom stereocenters. The second-order valence-corrected chi connectivity index (χ2v) is 4.54. The molecule has 4 heteroatoms. The van der Waals surface area contributed by atoms with Crippen LogP contribution in [0.25, 0.3) is 0 Å². The SMILES string of the molecule is Cc1cnc(N)c(C(=O)Cc2ccccc2Cl)c1. The largest absolute Gasteiger partial charge is 0.383 e. The molecule has 1 heterocycles. The van der Waals surface area contributed by atoms with E-state index >= 15 is 0 Å². The number of nitrogens with two attached hydrogens (primary N) is 1. The van der Waals surface area contributed by atoms with Crippen LogP contribution >= 0.6 is 11.6 Å². The number of carbonyl (C=O) groups is 1. The average molecular weight is 261 g/mol. The van der Waals surface area contributed by atoms with Crippen LogP contribution < -0.4 is 5.73 Å². The first-order valence-electron chi connectivity index (χ1n) is 5.56. The molecule has 18 heavy (non-hydrogen) atoms. The molecule has 0 amide bonds. The fourth-order valence-electron chi connectivity index (χ4n) is 1.71. The van der Waals surface area contributed by atoms with Crippen molar-refractivity contribution in [3.63, 3.8) is 0 Å². The summed E-state index contributed by atoms with van der Waals surface area (Å²) in [6.07, 6.45) is 1.87. The first-order chi connectivity index (χ1) is 8.58. The van der Waals surface area contributed by atoms with Gasteiger partial charge >= 0.3 is 0 Å². The lowest BCUT2D eigenvalue weighted by atomic mass is 10.0. The molecule has 3 nitrogen and oxygen atoms in total. The minimum absolute atomic E-state index is 0.0724. The van der Waals surface area contributed by atoms with Gasteiger partial charge in [0.1, 0.15) is 5.82 Å². The van der Waals surface area contributed by atoms with E-state index < -0.39 is 0 Å². The molecule has 0 saturated heterocycles. The Hall–Kier alpha value is -1.87. The average Bonchev–Trinajstić information content (AvgIpc) is 2.35. The Balaban J connectivity index is 2.28. The minimum atomic E-state index is -0.0724. The maximum atomic E-state index is 12.2. The Morgan fingerprint density at radius 2 is 2.11 bits per heavy atom. The predicted octanol–water partition coefficient (Wildman–Crippen LogP) is 3.05. The van der Waals surface area contributed by atoms with Crippen molar-refractivity contribution in [1.82, 2.24) is 4.98 Å². The summed E-state index contributed by atoms with van der Waals surface area (Å²) in [6.45, 7) is 1.87. The fraction of sp³-hybridized carbons (Fsp3) is 0.143. The molecule has 0 fully saturated rings. The van der Waals surface area contributed by atoms with Crippen LogP contribution in [0.5, 0.6) is 0 Å². The maximum Gasteiger partial charge on any atom is 0.170 e. The van der Waals surface area contributed by atoms with Gasteiger partial charge in [0.25, 0.3) is 0 Å². The van der Waals surface area contributed by atoms with Gasteiger partial charge in [0.05, 0.1) is 5.56 Å². The second kappa shape index (κ2) is 5.19. The number of rotatable bonds is 3. The topological polar surface area (TPSA) is 56.0 Å². The van der Waals surface area contributed by atoms with Crippen LogP contribution in [0.15, 0.2) is 36.5 Å². The van der Waals surface area contributed by atoms with E-state index in [1.165, 1.54) is 0 Å². The van der Waals surface area contributed by atoms with Crippen molar-refractivity contribution in [2.45, 2.75) is 13.3 Å². The van der Waals surface area contributed by atoms with E-state index in [-0.39, 0.29) is 18.0 Å². The standard InChI is InChI=1S/C14H13ClN2O/c1-9-6-11(14(16)17-8-9)13(18)7-10-4-2-3-5-12(10)15/h2-6,8H,7H2,1H3,(H2,16,17). The van der Waals surface area contributed by atoms with Crippen LogP contribution in [0.2, 0.25) is 5.02 Å². The van der Waals surface area contributed by atoms with Crippen LogP contribution in [0.1, 0.15) is 21.5 Å². The fourth-order valence-corrected chi connectivity index (χ4v) is 1.92. The van der Waals surface area contributed by atoms with Gasteiger partial charge in [0.2, 0.25) is 0 Å². The van der Waals surface area contributed by atoms with Crippen LogP contribution in [-0.4, -0.2) is 10.8 Å². The van der Waals surface area contributed by atoms with Crippen LogP contribution in [0.4, 0.5) is 5.82 Å². The third-order valence-corrected chi connectivity index (χ3v) is 3.03. The third kappa shape index (κ3) is 2.68. The van der Waals surface area contributed by atoms with E-state index in [2.05, 4.69) is 4.98 Å². The number of hydrogen-bond acceptors (Lipinski definition) is 3. The molecule has 0 spiro atoms. The monoisotopic (exact) mass is 260 g/mol. The zero-order valence-corrected chi connectivity index (χ0v) is 10.7. The quantitative estimate of drug-likeness (QED) is 0.863. The van der Waals surface area contributed by atoms with E-state index in [1.807, 2.05) is 25.1 Å². The molecule has 2 aromatic rings. The highest BCUT2D eigenvalue weighted by Crippen LogP contribution is 2.19. The number of benzene rings is 1. The second-order valence-electron chi connectivity index (χ2n) is 4.14. The zero-order valence-electron chi connectivity index (χ0n) is 9.98. The van der Waals surface area contributed by atoms with Crippen molar-refractivity contribution >= 4 is 23.2 Å². The number of aromatic nitrogens is 1. The summed E-state index contributed by atoms with van der Waals surface area (Å²) < 4.78 is 0. The minimum Gasteiger partial charge on any atom is -0.383 e. The van der Waals surface area contributed by atoms with Gasteiger partial charge in [-0.25, -0.2) is 4.98 Å². The van der Waals surface area contributed by atoms with Crippen molar-refractivity contribution < 1.29 is 4.79 Å². The normalized spacial score (nSPS) is 10.3. The number of nitrogen functional groups attached to an aromatic ring is 1. The Kier molecular flexibility index (Phi) is 3.63. The van der Waals surface area contributed by atoms with Gasteiger partial charge in [0, 0.05) is 17.6 Å². The summed E-state index contributed by atoms with van der Waals surface area (Å²) in [6, 6.07) is 9.04. The summed E-state index contributed by atoms with van der Waals surface area (Å²) in [5.41, 5.74) is 7.88. The molecule has 2 N–H and O–H groups in total. The summed E-state index contributed by atoms with van der Waals surface area (Å²) in [5.74, 6) is 0.189.